The Hall–Kier alpha value is -0.410. The minimum absolute atomic E-state index is 0.0491. The number of hydrogen-bond donors (Lipinski definition) is 0. The van der Waals surface area contributed by atoms with E-state index in [9.17, 15) is 4.39 Å². The Labute approximate surface area is 71.4 Å². The average Bonchev–Trinajstić information content (AvgIpc) is 2.21. The van der Waals surface area contributed by atoms with E-state index in [4.69, 9.17) is 9.47 Å². The number of alkyl halides is 1. The molecular weight excluding hydrogens is 159 g/mol. The molecule has 0 N–H and O–H groups in total. The highest BCUT2D eigenvalue weighted by atomic mass is 19.1. The van der Waals surface area contributed by atoms with Gasteiger partial charge in [0.05, 0.1) is 6.10 Å². The Morgan fingerprint density at radius 1 is 1.33 bits per heavy atom. The normalized spacial score (nSPS) is 44.4. The van der Waals surface area contributed by atoms with Crippen LogP contribution in [0.1, 0.15) is 20.3 Å². The first-order valence-corrected chi connectivity index (χ1v) is 4.25. The molecule has 0 aromatic rings. The number of halogens is 1. The Kier molecular flexibility index (Phi) is 1.73. The Morgan fingerprint density at radius 2 is 2.08 bits per heavy atom. The fourth-order valence-electron chi connectivity index (χ4n) is 1.74. The summed E-state index contributed by atoms with van der Waals surface area (Å²) < 4.78 is 23.9. The molecule has 0 aromatic heterocycles. The van der Waals surface area contributed by atoms with Crippen LogP contribution in [0.4, 0.5) is 4.39 Å². The lowest BCUT2D eigenvalue weighted by atomic mass is 10.0. The highest BCUT2D eigenvalue weighted by molar-refractivity contribution is 5.07. The summed E-state index contributed by atoms with van der Waals surface area (Å²) in [7, 11) is 0. The summed E-state index contributed by atoms with van der Waals surface area (Å²) in [4.78, 5) is 0. The molecular formula is C9H13FO2. The minimum Gasteiger partial charge on any atom is -0.344 e. The van der Waals surface area contributed by atoms with Crippen LogP contribution >= 0.6 is 0 Å². The van der Waals surface area contributed by atoms with Crippen LogP contribution in [0.15, 0.2) is 12.2 Å². The number of ether oxygens (including phenoxy) is 2. The highest BCUT2D eigenvalue weighted by Crippen LogP contribution is 2.34. The number of allylic oxidation sites excluding steroid dienone is 1. The first-order chi connectivity index (χ1) is 5.57. The molecule has 0 radical (unpaired) electrons. The number of rotatable bonds is 0. The van der Waals surface area contributed by atoms with Crippen molar-refractivity contribution in [3.05, 3.63) is 12.2 Å². The molecule has 1 aliphatic carbocycles. The smallest absolute Gasteiger partial charge is 0.164 e. The Morgan fingerprint density at radius 3 is 2.83 bits per heavy atom. The lowest BCUT2D eigenvalue weighted by Crippen LogP contribution is -2.27. The maximum atomic E-state index is 12.9. The van der Waals surface area contributed by atoms with Crippen molar-refractivity contribution in [2.24, 2.45) is 0 Å². The molecule has 2 nitrogen and oxygen atoms in total. The molecule has 2 rings (SSSR count). The quantitative estimate of drug-likeness (QED) is 0.519. The minimum atomic E-state index is -0.872. The lowest BCUT2D eigenvalue weighted by molar-refractivity contribution is -0.143. The maximum Gasteiger partial charge on any atom is 0.164 e. The molecule has 0 saturated carbocycles. The number of hydrogen-bond acceptors (Lipinski definition) is 2. The first kappa shape index (κ1) is 8.20. The summed E-state index contributed by atoms with van der Waals surface area (Å²) in [5.74, 6) is -0.552. The topological polar surface area (TPSA) is 18.5 Å². The van der Waals surface area contributed by atoms with Crippen molar-refractivity contribution in [1.82, 2.24) is 0 Å². The van der Waals surface area contributed by atoms with Gasteiger partial charge in [-0.3, -0.25) is 0 Å². The monoisotopic (exact) mass is 172 g/mol. The van der Waals surface area contributed by atoms with E-state index in [0.29, 0.717) is 6.42 Å². The van der Waals surface area contributed by atoms with Gasteiger partial charge >= 0.3 is 0 Å². The van der Waals surface area contributed by atoms with Gasteiger partial charge in [-0.2, -0.15) is 0 Å². The van der Waals surface area contributed by atoms with Crippen LogP contribution < -0.4 is 0 Å². The molecule has 3 heteroatoms. The van der Waals surface area contributed by atoms with E-state index >= 15 is 0 Å². The molecule has 0 bridgehead atoms. The fourth-order valence-corrected chi connectivity index (χ4v) is 1.74. The average molecular weight is 172 g/mol. The molecule has 0 amide bonds. The number of fused-ring (bicyclic) bond motifs is 1. The molecule has 1 aliphatic heterocycles. The van der Waals surface area contributed by atoms with Crippen LogP contribution in [0.3, 0.4) is 0 Å². The standard InChI is InChI=1S/C9H13FO2/c1-9(2)11-7-4-3-6(10)5-8(7)12-9/h3-4,6-8H,5H2,1-2H3/t6-,7+,8-/m0/s1. The van der Waals surface area contributed by atoms with Crippen LogP contribution in [0.5, 0.6) is 0 Å². The van der Waals surface area contributed by atoms with Gasteiger partial charge in [0.2, 0.25) is 0 Å². The summed E-state index contributed by atoms with van der Waals surface area (Å²) >= 11 is 0. The molecule has 3 atom stereocenters. The zero-order chi connectivity index (χ0) is 8.77. The molecule has 0 aromatic carbocycles. The molecule has 1 fully saturated rings. The van der Waals surface area contributed by atoms with E-state index in [-0.39, 0.29) is 12.2 Å². The molecule has 2 aliphatic rings. The highest BCUT2D eigenvalue weighted by Gasteiger charge is 2.42. The zero-order valence-corrected chi connectivity index (χ0v) is 7.29. The second-order valence-corrected chi connectivity index (χ2v) is 3.78. The van der Waals surface area contributed by atoms with Crippen molar-refractivity contribution in [3.63, 3.8) is 0 Å². The van der Waals surface area contributed by atoms with Crippen molar-refractivity contribution in [1.29, 1.82) is 0 Å². The third kappa shape index (κ3) is 1.39. The second kappa shape index (κ2) is 2.54. The van der Waals surface area contributed by atoms with E-state index in [1.165, 1.54) is 0 Å². The molecule has 1 saturated heterocycles. The lowest BCUT2D eigenvalue weighted by Gasteiger charge is -2.19. The molecule has 12 heavy (non-hydrogen) atoms. The van der Waals surface area contributed by atoms with E-state index in [2.05, 4.69) is 0 Å². The van der Waals surface area contributed by atoms with Gasteiger partial charge in [-0.1, -0.05) is 12.2 Å². The summed E-state index contributed by atoms with van der Waals surface area (Å²) in [6, 6.07) is 0. The SMILES string of the molecule is CC1(C)O[C@H]2C[C@@H](F)C=C[C@H]2O1. The van der Waals surface area contributed by atoms with Gasteiger partial charge in [0, 0.05) is 6.42 Å². The predicted molar refractivity (Wildman–Crippen MR) is 42.5 cm³/mol. The van der Waals surface area contributed by atoms with Gasteiger partial charge in [0.25, 0.3) is 0 Å². The predicted octanol–water partition coefficient (Wildman–Crippen LogP) is 1.80. The van der Waals surface area contributed by atoms with Crippen LogP contribution in [0.25, 0.3) is 0 Å². The van der Waals surface area contributed by atoms with Crippen LogP contribution in [-0.2, 0) is 9.47 Å². The van der Waals surface area contributed by atoms with Gasteiger partial charge in [0.15, 0.2) is 5.79 Å². The summed E-state index contributed by atoms with van der Waals surface area (Å²) in [6.07, 6.45) is 2.71. The zero-order valence-electron chi connectivity index (χ0n) is 7.29. The second-order valence-electron chi connectivity index (χ2n) is 3.78. The maximum absolute atomic E-state index is 12.9. The van der Waals surface area contributed by atoms with Gasteiger partial charge in [-0.15, -0.1) is 0 Å². The molecule has 1 heterocycles. The Bertz CT molecular complexity index is 213. The van der Waals surface area contributed by atoms with E-state index in [1.54, 1.807) is 12.2 Å². The van der Waals surface area contributed by atoms with Gasteiger partial charge in [-0.05, 0) is 13.8 Å². The van der Waals surface area contributed by atoms with Crippen LogP contribution in [-0.4, -0.2) is 24.2 Å². The third-order valence-electron chi connectivity index (χ3n) is 2.19. The molecule has 0 unspecified atom stereocenters. The first-order valence-electron chi connectivity index (χ1n) is 4.25. The van der Waals surface area contributed by atoms with E-state index in [1.807, 2.05) is 13.8 Å². The van der Waals surface area contributed by atoms with E-state index in [0.717, 1.165) is 0 Å². The summed E-state index contributed by atoms with van der Waals surface area (Å²) in [5, 5.41) is 0. The molecule has 0 spiro atoms. The summed E-state index contributed by atoms with van der Waals surface area (Å²) in [6.45, 7) is 3.71. The van der Waals surface area contributed by atoms with Crippen molar-refractivity contribution in [2.45, 2.75) is 44.4 Å². The summed E-state index contributed by atoms with van der Waals surface area (Å²) in [5.41, 5.74) is 0. The van der Waals surface area contributed by atoms with Gasteiger partial charge in [0.1, 0.15) is 12.3 Å². The van der Waals surface area contributed by atoms with Crippen molar-refractivity contribution >= 4 is 0 Å². The van der Waals surface area contributed by atoms with Gasteiger partial charge in [-0.25, -0.2) is 4.39 Å². The third-order valence-corrected chi connectivity index (χ3v) is 2.19. The van der Waals surface area contributed by atoms with Crippen molar-refractivity contribution in [2.75, 3.05) is 0 Å². The van der Waals surface area contributed by atoms with Crippen molar-refractivity contribution < 1.29 is 13.9 Å². The van der Waals surface area contributed by atoms with E-state index < -0.39 is 12.0 Å². The van der Waals surface area contributed by atoms with Crippen LogP contribution in [0, 0.1) is 0 Å². The van der Waals surface area contributed by atoms with Crippen molar-refractivity contribution in [3.8, 4) is 0 Å². The molecule has 68 valence electrons. The van der Waals surface area contributed by atoms with Crippen LogP contribution in [0.2, 0.25) is 0 Å². The Balaban J connectivity index is 2.12. The largest absolute Gasteiger partial charge is 0.344 e. The fraction of sp³-hybridized carbons (Fsp3) is 0.778. The van der Waals surface area contributed by atoms with Gasteiger partial charge < -0.3 is 9.47 Å².